The highest BCUT2D eigenvalue weighted by Gasteiger charge is 2.26. The summed E-state index contributed by atoms with van der Waals surface area (Å²) in [7, 11) is 0. The lowest BCUT2D eigenvalue weighted by molar-refractivity contribution is 0.0532. The molecule has 1 N–H and O–H groups in total. The Hall–Kier alpha value is -1.50. The lowest BCUT2D eigenvalue weighted by atomic mass is 9.78. The van der Waals surface area contributed by atoms with Crippen LogP contribution in [-0.4, -0.2) is 18.2 Å². The van der Waals surface area contributed by atoms with Gasteiger partial charge in [-0.05, 0) is 47.0 Å². The normalized spacial score (nSPS) is 23.8. The average molecular weight is 250 g/mol. The van der Waals surface area contributed by atoms with Crippen LogP contribution in [-0.2, 0) is 4.74 Å². The molecule has 1 aliphatic carbocycles. The highest BCUT2D eigenvalue weighted by Crippen LogP contribution is 2.33. The van der Waals surface area contributed by atoms with Gasteiger partial charge in [-0.15, -0.1) is 0 Å². The molecule has 4 nitrogen and oxygen atoms in total. The predicted octanol–water partition coefficient (Wildman–Crippen LogP) is 3.15. The second-order valence-corrected chi connectivity index (χ2v) is 6.09. The summed E-state index contributed by atoms with van der Waals surface area (Å²) in [5.41, 5.74) is 0.466. The molecule has 0 aromatic heterocycles. The molecule has 1 atom stereocenters. The Morgan fingerprint density at radius 1 is 1.61 bits per heavy atom. The minimum Gasteiger partial charge on any atom is -0.444 e. The Labute approximate surface area is 109 Å². The number of nitrogens with zero attached hydrogens (tertiary/aromatic N) is 1. The molecule has 0 aromatic rings. The van der Waals surface area contributed by atoms with E-state index in [1.54, 1.807) is 0 Å². The van der Waals surface area contributed by atoms with Gasteiger partial charge in [0.25, 0.3) is 0 Å². The number of allylic oxidation sites excluding steroid dienone is 1. The Balaban J connectivity index is 2.38. The minimum absolute atomic E-state index is 0.241. The van der Waals surface area contributed by atoms with E-state index in [2.05, 4.69) is 17.5 Å². The van der Waals surface area contributed by atoms with Crippen LogP contribution in [0.25, 0.3) is 0 Å². The number of carbonyl (C=O) groups is 1. The van der Waals surface area contributed by atoms with Crippen molar-refractivity contribution >= 4 is 6.09 Å². The van der Waals surface area contributed by atoms with Crippen molar-refractivity contribution in [1.29, 1.82) is 5.26 Å². The summed E-state index contributed by atoms with van der Waals surface area (Å²) in [6, 6.07) is 2.34. The molecular weight excluding hydrogens is 228 g/mol. The maximum atomic E-state index is 11.5. The van der Waals surface area contributed by atoms with Crippen molar-refractivity contribution in [1.82, 2.24) is 5.32 Å². The molecule has 0 saturated heterocycles. The molecule has 1 amide bonds. The SMILES string of the molecule is CC1(C#N)CC=C(CNC(=O)OC(C)(C)C)CC1. The lowest BCUT2D eigenvalue weighted by Crippen LogP contribution is -2.34. The van der Waals surface area contributed by atoms with Gasteiger partial charge in [0.2, 0.25) is 0 Å². The van der Waals surface area contributed by atoms with Crippen LogP contribution in [0.15, 0.2) is 11.6 Å². The predicted molar refractivity (Wildman–Crippen MR) is 69.9 cm³/mol. The summed E-state index contributed by atoms with van der Waals surface area (Å²) in [4.78, 5) is 11.5. The Bertz CT molecular complexity index is 388. The third kappa shape index (κ3) is 4.79. The van der Waals surface area contributed by atoms with Crippen LogP contribution in [0.4, 0.5) is 4.79 Å². The van der Waals surface area contributed by atoms with Crippen molar-refractivity contribution in [3.63, 3.8) is 0 Å². The van der Waals surface area contributed by atoms with Crippen molar-refractivity contribution in [2.24, 2.45) is 5.41 Å². The Morgan fingerprint density at radius 2 is 2.28 bits per heavy atom. The van der Waals surface area contributed by atoms with E-state index in [-0.39, 0.29) is 5.41 Å². The highest BCUT2D eigenvalue weighted by molar-refractivity contribution is 5.68. The summed E-state index contributed by atoms with van der Waals surface area (Å²) < 4.78 is 5.16. The highest BCUT2D eigenvalue weighted by atomic mass is 16.6. The smallest absolute Gasteiger partial charge is 0.407 e. The fraction of sp³-hybridized carbons (Fsp3) is 0.714. The van der Waals surface area contributed by atoms with E-state index in [1.807, 2.05) is 27.7 Å². The molecule has 0 bridgehead atoms. The third-order valence-electron chi connectivity index (χ3n) is 2.97. The van der Waals surface area contributed by atoms with Gasteiger partial charge < -0.3 is 10.1 Å². The van der Waals surface area contributed by atoms with Crippen LogP contribution in [0.3, 0.4) is 0 Å². The number of alkyl carbamates (subject to hydrolysis) is 1. The number of hydrogen-bond donors (Lipinski definition) is 1. The zero-order chi connectivity index (χ0) is 13.8. The van der Waals surface area contributed by atoms with Gasteiger partial charge in [0.1, 0.15) is 5.60 Å². The monoisotopic (exact) mass is 250 g/mol. The molecule has 1 rings (SSSR count). The van der Waals surface area contributed by atoms with E-state index in [4.69, 9.17) is 10.00 Å². The number of carbonyl (C=O) groups excluding carboxylic acids is 1. The summed E-state index contributed by atoms with van der Waals surface area (Å²) in [6.07, 6.45) is 4.14. The maximum absolute atomic E-state index is 11.5. The second kappa shape index (κ2) is 5.43. The van der Waals surface area contributed by atoms with Crippen molar-refractivity contribution in [2.45, 2.75) is 52.6 Å². The van der Waals surface area contributed by atoms with Crippen molar-refractivity contribution in [3.05, 3.63) is 11.6 Å². The fourth-order valence-corrected chi connectivity index (χ4v) is 1.77. The fourth-order valence-electron chi connectivity index (χ4n) is 1.77. The largest absolute Gasteiger partial charge is 0.444 e. The second-order valence-electron chi connectivity index (χ2n) is 6.09. The lowest BCUT2D eigenvalue weighted by Gasteiger charge is -2.26. The number of nitrogens with one attached hydrogen (secondary N) is 1. The zero-order valence-corrected chi connectivity index (χ0v) is 11.7. The molecule has 1 unspecified atom stereocenters. The van der Waals surface area contributed by atoms with Crippen LogP contribution in [0.2, 0.25) is 0 Å². The van der Waals surface area contributed by atoms with E-state index >= 15 is 0 Å². The first-order chi connectivity index (χ1) is 8.24. The van der Waals surface area contributed by atoms with Gasteiger partial charge in [0.05, 0.1) is 11.5 Å². The van der Waals surface area contributed by atoms with Crippen molar-refractivity contribution < 1.29 is 9.53 Å². The summed E-state index contributed by atoms with van der Waals surface area (Å²) >= 11 is 0. The molecule has 0 spiro atoms. The van der Waals surface area contributed by atoms with Crippen molar-refractivity contribution in [2.75, 3.05) is 6.54 Å². The molecule has 18 heavy (non-hydrogen) atoms. The first-order valence-corrected chi connectivity index (χ1v) is 6.30. The first-order valence-electron chi connectivity index (χ1n) is 6.30. The van der Waals surface area contributed by atoms with E-state index in [0.29, 0.717) is 6.54 Å². The van der Waals surface area contributed by atoms with Crippen LogP contribution >= 0.6 is 0 Å². The molecule has 0 aliphatic heterocycles. The molecule has 0 aromatic carbocycles. The minimum atomic E-state index is -0.468. The molecule has 0 saturated carbocycles. The van der Waals surface area contributed by atoms with Crippen LogP contribution in [0.5, 0.6) is 0 Å². The molecular formula is C14H22N2O2. The zero-order valence-electron chi connectivity index (χ0n) is 11.7. The standard InChI is InChI=1S/C14H22N2O2/c1-13(2,3)18-12(17)16-9-11-5-7-14(4,10-15)8-6-11/h5H,6-9H2,1-4H3,(H,16,17). The van der Waals surface area contributed by atoms with E-state index in [0.717, 1.165) is 19.3 Å². The summed E-state index contributed by atoms with van der Waals surface area (Å²) in [5.74, 6) is 0. The quantitative estimate of drug-likeness (QED) is 0.766. The topological polar surface area (TPSA) is 62.1 Å². The van der Waals surface area contributed by atoms with Crippen LogP contribution < -0.4 is 5.32 Å². The molecule has 4 heteroatoms. The molecule has 0 heterocycles. The van der Waals surface area contributed by atoms with Gasteiger partial charge in [-0.3, -0.25) is 0 Å². The number of amides is 1. The number of hydrogen-bond acceptors (Lipinski definition) is 3. The number of nitriles is 1. The molecule has 0 fully saturated rings. The molecule has 100 valence electrons. The third-order valence-corrected chi connectivity index (χ3v) is 2.97. The van der Waals surface area contributed by atoms with Crippen LogP contribution in [0, 0.1) is 16.7 Å². The van der Waals surface area contributed by atoms with Gasteiger partial charge in [0.15, 0.2) is 0 Å². The number of rotatable bonds is 2. The Morgan fingerprint density at radius 3 is 2.72 bits per heavy atom. The van der Waals surface area contributed by atoms with Crippen molar-refractivity contribution in [3.8, 4) is 6.07 Å². The van der Waals surface area contributed by atoms with E-state index in [9.17, 15) is 4.79 Å². The van der Waals surface area contributed by atoms with Gasteiger partial charge in [-0.1, -0.05) is 11.6 Å². The Kier molecular flexibility index (Phi) is 4.39. The van der Waals surface area contributed by atoms with Gasteiger partial charge in [0, 0.05) is 6.54 Å². The summed E-state index contributed by atoms with van der Waals surface area (Å²) in [5, 5.41) is 11.8. The van der Waals surface area contributed by atoms with Gasteiger partial charge in [-0.25, -0.2) is 4.79 Å². The first kappa shape index (κ1) is 14.6. The average Bonchev–Trinajstić information content (AvgIpc) is 2.26. The summed E-state index contributed by atoms with van der Waals surface area (Å²) in [6.45, 7) is 8.00. The van der Waals surface area contributed by atoms with Crippen LogP contribution in [0.1, 0.15) is 47.0 Å². The molecule has 1 aliphatic rings. The van der Waals surface area contributed by atoms with Gasteiger partial charge in [-0.2, -0.15) is 5.26 Å². The maximum Gasteiger partial charge on any atom is 0.407 e. The van der Waals surface area contributed by atoms with E-state index < -0.39 is 11.7 Å². The van der Waals surface area contributed by atoms with E-state index in [1.165, 1.54) is 5.57 Å². The number of ether oxygens (including phenoxy) is 1. The molecule has 0 radical (unpaired) electrons. The van der Waals surface area contributed by atoms with Gasteiger partial charge >= 0.3 is 6.09 Å².